The molecule has 1 aromatic carbocycles. The highest BCUT2D eigenvalue weighted by Gasteiger charge is 2.26. The van der Waals surface area contributed by atoms with Gasteiger partial charge in [0.25, 0.3) is 5.91 Å². The molecule has 0 spiro atoms. The largest absolute Gasteiger partial charge is 0.495 e. The summed E-state index contributed by atoms with van der Waals surface area (Å²) in [6.07, 6.45) is 1.56. The first kappa shape index (κ1) is 17.5. The summed E-state index contributed by atoms with van der Waals surface area (Å²) in [7, 11) is 0.601. The van der Waals surface area contributed by atoms with Crippen LogP contribution in [0.1, 0.15) is 23.2 Å². The van der Waals surface area contributed by atoms with Gasteiger partial charge in [-0.05, 0) is 31.0 Å². The van der Waals surface area contributed by atoms with Crippen molar-refractivity contribution in [2.24, 2.45) is 0 Å². The van der Waals surface area contributed by atoms with Gasteiger partial charge in [-0.15, -0.1) is 0 Å². The maximum atomic E-state index is 12.6. The number of rotatable bonds is 4. The number of benzene rings is 1. The molecule has 0 saturated carbocycles. The van der Waals surface area contributed by atoms with Crippen LogP contribution in [-0.4, -0.2) is 57.8 Å². The number of piperidine rings is 1. The van der Waals surface area contributed by atoms with E-state index in [4.69, 9.17) is 4.74 Å². The molecule has 1 aliphatic heterocycles. The summed E-state index contributed by atoms with van der Waals surface area (Å²) in [5, 5.41) is 0. The van der Waals surface area contributed by atoms with Crippen LogP contribution in [0.4, 0.5) is 0 Å². The number of likely N-dealkylation sites (tertiary alicyclic amines) is 1. The van der Waals surface area contributed by atoms with Crippen LogP contribution in [0.2, 0.25) is 0 Å². The number of carbonyl (C=O) groups excluding carboxylic acids is 1. The molecule has 1 aliphatic rings. The van der Waals surface area contributed by atoms with E-state index in [9.17, 15) is 13.2 Å². The maximum absolute atomic E-state index is 12.6. The molecule has 0 aliphatic carbocycles. The molecular formula is C16H22N2O4S. The Bertz CT molecular complexity index is 716. The number of hydrogen-bond donors (Lipinski definition) is 0. The van der Waals surface area contributed by atoms with Crippen LogP contribution in [0.15, 0.2) is 35.2 Å². The lowest BCUT2D eigenvalue weighted by Gasteiger charge is -2.28. The van der Waals surface area contributed by atoms with E-state index in [-0.39, 0.29) is 16.6 Å². The summed E-state index contributed by atoms with van der Waals surface area (Å²) in [5.74, 6) is 0.0534. The Kier molecular flexibility index (Phi) is 5.11. The first-order valence-corrected chi connectivity index (χ1v) is 8.78. The van der Waals surface area contributed by atoms with Crippen molar-refractivity contribution in [2.75, 3.05) is 34.3 Å². The molecule has 0 radical (unpaired) electrons. The quantitative estimate of drug-likeness (QED) is 0.784. The van der Waals surface area contributed by atoms with Gasteiger partial charge < -0.3 is 9.64 Å². The average molecular weight is 338 g/mol. The van der Waals surface area contributed by atoms with Crippen molar-refractivity contribution in [3.63, 3.8) is 0 Å². The minimum Gasteiger partial charge on any atom is -0.495 e. The van der Waals surface area contributed by atoms with Crippen molar-refractivity contribution in [2.45, 2.75) is 17.7 Å². The van der Waals surface area contributed by atoms with E-state index in [1.54, 1.807) is 11.0 Å². The molecule has 2 rings (SSSR count). The fourth-order valence-corrected chi connectivity index (χ4v) is 3.49. The third-order valence-corrected chi connectivity index (χ3v) is 5.76. The maximum Gasteiger partial charge on any atom is 0.253 e. The zero-order valence-electron chi connectivity index (χ0n) is 13.7. The van der Waals surface area contributed by atoms with Crippen molar-refractivity contribution in [3.8, 4) is 5.75 Å². The number of amides is 1. The Morgan fingerprint density at radius 2 is 1.87 bits per heavy atom. The molecule has 0 atom stereocenters. The molecule has 1 aromatic rings. The van der Waals surface area contributed by atoms with Crippen molar-refractivity contribution in [1.29, 1.82) is 0 Å². The zero-order valence-corrected chi connectivity index (χ0v) is 14.5. The van der Waals surface area contributed by atoms with Crippen LogP contribution in [0.3, 0.4) is 0 Å². The molecule has 1 fully saturated rings. The van der Waals surface area contributed by atoms with Crippen LogP contribution in [0, 0.1) is 0 Å². The fourth-order valence-electron chi connectivity index (χ4n) is 2.42. The second kappa shape index (κ2) is 6.72. The number of nitrogens with zero attached hydrogens (tertiary/aromatic N) is 2. The number of carbonyl (C=O) groups is 1. The highest BCUT2D eigenvalue weighted by molar-refractivity contribution is 7.89. The molecule has 1 heterocycles. The van der Waals surface area contributed by atoms with E-state index in [0.29, 0.717) is 18.7 Å². The van der Waals surface area contributed by atoms with E-state index in [1.165, 1.54) is 33.3 Å². The van der Waals surface area contributed by atoms with Gasteiger partial charge in [0.05, 0.1) is 7.11 Å². The van der Waals surface area contributed by atoms with E-state index < -0.39 is 10.0 Å². The smallest absolute Gasteiger partial charge is 0.253 e. The first-order chi connectivity index (χ1) is 10.8. The SMILES string of the molecule is C=C1CCN(C(=O)c2ccc(OC)c(S(=O)(=O)N(C)C)c2)CC1. The number of methoxy groups -OCH3 is 1. The van der Waals surface area contributed by atoms with Gasteiger partial charge in [-0.3, -0.25) is 4.79 Å². The Balaban J connectivity index is 2.38. The first-order valence-electron chi connectivity index (χ1n) is 7.34. The van der Waals surface area contributed by atoms with Crippen LogP contribution < -0.4 is 4.74 Å². The van der Waals surface area contributed by atoms with E-state index in [0.717, 1.165) is 22.7 Å². The Hall–Kier alpha value is -1.86. The lowest BCUT2D eigenvalue weighted by atomic mass is 10.0. The molecule has 7 heteroatoms. The summed E-state index contributed by atoms with van der Waals surface area (Å²) in [4.78, 5) is 14.3. The molecule has 0 N–H and O–H groups in total. The summed E-state index contributed by atoms with van der Waals surface area (Å²) in [6, 6.07) is 4.51. The van der Waals surface area contributed by atoms with E-state index in [2.05, 4.69) is 6.58 Å². The van der Waals surface area contributed by atoms with Crippen LogP contribution in [0.5, 0.6) is 5.75 Å². The monoisotopic (exact) mass is 338 g/mol. The highest BCUT2D eigenvalue weighted by Crippen LogP contribution is 2.28. The average Bonchev–Trinajstić information content (AvgIpc) is 2.54. The Labute approximate surface area is 137 Å². The molecule has 0 aromatic heterocycles. The molecule has 1 saturated heterocycles. The minimum atomic E-state index is -3.69. The number of sulfonamides is 1. The molecule has 0 bridgehead atoms. The van der Waals surface area contributed by atoms with Crippen LogP contribution >= 0.6 is 0 Å². The third-order valence-electron chi connectivity index (χ3n) is 3.93. The van der Waals surface area contributed by atoms with Crippen molar-refractivity contribution >= 4 is 15.9 Å². The Morgan fingerprint density at radius 3 is 2.39 bits per heavy atom. The summed E-state index contributed by atoms with van der Waals surface area (Å²) < 4.78 is 31.1. The molecule has 1 amide bonds. The number of hydrogen-bond acceptors (Lipinski definition) is 4. The van der Waals surface area contributed by atoms with E-state index >= 15 is 0 Å². The second-order valence-electron chi connectivity index (χ2n) is 5.70. The van der Waals surface area contributed by atoms with Gasteiger partial charge in [-0.25, -0.2) is 12.7 Å². The van der Waals surface area contributed by atoms with Gasteiger partial charge in [0, 0.05) is 32.7 Å². The molecular weight excluding hydrogens is 316 g/mol. The van der Waals surface area contributed by atoms with Crippen molar-refractivity contribution in [3.05, 3.63) is 35.9 Å². The minimum absolute atomic E-state index is 0.00253. The summed E-state index contributed by atoms with van der Waals surface area (Å²) >= 11 is 0. The topological polar surface area (TPSA) is 66.9 Å². The van der Waals surface area contributed by atoms with Crippen molar-refractivity contribution in [1.82, 2.24) is 9.21 Å². The molecule has 23 heavy (non-hydrogen) atoms. The zero-order chi connectivity index (χ0) is 17.2. The molecule has 6 nitrogen and oxygen atoms in total. The van der Waals surface area contributed by atoms with E-state index in [1.807, 2.05) is 0 Å². The van der Waals surface area contributed by atoms with Gasteiger partial charge >= 0.3 is 0 Å². The van der Waals surface area contributed by atoms with Crippen LogP contribution in [-0.2, 0) is 10.0 Å². The van der Waals surface area contributed by atoms with Gasteiger partial charge in [-0.1, -0.05) is 12.2 Å². The molecule has 126 valence electrons. The summed E-state index contributed by atoms with van der Waals surface area (Å²) in [5.41, 5.74) is 1.48. The Morgan fingerprint density at radius 1 is 1.26 bits per heavy atom. The lowest BCUT2D eigenvalue weighted by molar-refractivity contribution is 0.0743. The lowest BCUT2D eigenvalue weighted by Crippen LogP contribution is -2.36. The standard InChI is InChI=1S/C16H22N2O4S/c1-12-7-9-18(10-8-12)16(19)13-5-6-14(22-4)15(11-13)23(20,21)17(2)3/h5-6,11H,1,7-10H2,2-4H3. The predicted molar refractivity (Wildman–Crippen MR) is 88.1 cm³/mol. The van der Waals surface area contributed by atoms with Gasteiger partial charge in [0.1, 0.15) is 10.6 Å². The fraction of sp³-hybridized carbons (Fsp3) is 0.438. The van der Waals surface area contributed by atoms with Gasteiger partial charge in [0.2, 0.25) is 10.0 Å². The van der Waals surface area contributed by atoms with Gasteiger partial charge in [-0.2, -0.15) is 0 Å². The normalized spacial score (nSPS) is 15.8. The highest BCUT2D eigenvalue weighted by atomic mass is 32.2. The van der Waals surface area contributed by atoms with Gasteiger partial charge in [0.15, 0.2) is 0 Å². The van der Waals surface area contributed by atoms with Crippen LogP contribution in [0.25, 0.3) is 0 Å². The second-order valence-corrected chi connectivity index (χ2v) is 7.82. The van der Waals surface area contributed by atoms with Crippen molar-refractivity contribution < 1.29 is 17.9 Å². The summed E-state index contributed by atoms with van der Waals surface area (Å²) in [6.45, 7) is 5.15. The number of ether oxygens (including phenoxy) is 1. The third kappa shape index (κ3) is 3.56. The predicted octanol–water partition coefficient (Wildman–Crippen LogP) is 1.74. The molecule has 0 unspecified atom stereocenters.